The highest BCUT2D eigenvalue weighted by Gasteiger charge is 1.98. The molecule has 0 saturated carbocycles. The molecule has 2 heteroatoms. The maximum absolute atomic E-state index is 3.50. The van der Waals surface area contributed by atoms with Crippen LogP contribution in [0.4, 0.5) is 0 Å². The van der Waals surface area contributed by atoms with E-state index in [0.717, 1.165) is 19.5 Å². The Morgan fingerprint density at radius 3 is 2.79 bits per heavy atom. The number of halogens is 1. The Labute approximate surface area is 95.0 Å². The van der Waals surface area contributed by atoms with Gasteiger partial charge in [-0.15, -0.1) is 0 Å². The summed E-state index contributed by atoms with van der Waals surface area (Å²) in [6.07, 6.45) is 2.32. The number of hydrogen-bond acceptors (Lipinski definition) is 1. The average Bonchev–Trinajstić information content (AvgIpc) is 2.18. The largest absolute Gasteiger partial charge is 0.316 e. The Hall–Kier alpha value is -0.340. The summed E-state index contributed by atoms with van der Waals surface area (Å²) < 4.78 is 1.17. The van der Waals surface area contributed by atoms with Crippen LogP contribution >= 0.6 is 15.9 Å². The molecule has 0 aromatic heterocycles. The highest BCUT2D eigenvalue weighted by molar-refractivity contribution is 9.10. The van der Waals surface area contributed by atoms with Gasteiger partial charge in [-0.1, -0.05) is 28.9 Å². The van der Waals surface area contributed by atoms with Crippen molar-refractivity contribution in [1.82, 2.24) is 5.32 Å². The summed E-state index contributed by atoms with van der Waals surface area (Å²) in [7, 11) is 0. The van der Waals surface area contributed by atoms with Crippen LogP contribution in [0.5, 0.6) is 0 Å². The van der Waals surface area contributed by atoms with Crippen molar-refractivity contribution in [1.29, 1.82) is 0 Å². The van der Waals surface area contributed by atoms with Crippen LogP contribution in [0.25, 0.3) is 0 Å². The van der Waals surface area contributed by atoms with E-state index in [1.807, 2.05) is 0 Å². The topological polar surface area (TPSA) is 12.0 Å². The fourth-order valence-electron chi connectivity index (χ4n) is 1.43. The lowest BCUT2D eigenvalue weighted by atomic mass is 10.1. The molecule has 78 valence electrons. The molecule has 0 amide bonds. The third-order valence-corrected chi connectivity index (χ3v) is 2.80. The highest BCUT2D eigenvalue weighted by Crippen LogP contribution is 2.16. The second kappa shape index (κ2) is 6.20. The Morgan fingerprint density at radius 1 is 1.29 bits per heavy atom. The molecule has 0 spiro atoms. The molecule has 0 fully saturated rings. The first-order valence-electron chi connectivity index (χ1n) is 5.19. The van der Waals surface area contributed by atoms with Crippen LogP contribution in [0.3, 0.4) is 0 Å². The predicted molar refractivity (Wildman–Crippen MR) is 65.7 cm³/mol. The van der Waals surface area contributed by atoms with Crippen LogP contribution in [-0.2, 0) is 6.42 Å². The maximum Gasteiger partial charge on any atom is 0.0178 e. The number of hydrogen-bond donors (Lipinski definition) is 1. The van der Waals surface area contributed by atoms with Gasteiger partial charge in [0.25, 0.3) is 0 Å². The number of aryl methyl sites for hydroxylation is 1. The molecule has 0 unspecified atom stereocenters. The molecule has 0 aliphatic heterocycles. The molecule has 14 heavy (non-hydrogen) atoms. The molecule has 0 bridgehead atoms. The number of benzene rings is 1. The molecule has 1 aromatic rings. The van der Waals surface area contributed by atoms with Gasteiger partial charge in [0.1, 0.15) is 0 Å². The Kier molecular flexibility index (Phi) is 5.20. The zero-order valence-electron chi connectivity index (χ0n) is 8.94. The van der Waals surface area contributed by atoms with Gasteiger partial charge in [0, 0.05) is 4.47 Å². The summed E-state index contributed by atoms with van der Waals surface area (Å²) in [6.45, 7) is 6.55. The lowest BCUT2D eigenvalue weighted by molar-refractivity contribution is 0.670. The van der Waals surface area contributed by atoms with Gasteiger partial charge >= 0.3 is 0 Å². The van der Waals surface area contributed by atoms with E-state index in [1.165, 1.54) is 22.0 Å². The first-order valence-corrected chi connectivity index (χ1v) is 5.99. The van der Waals surface area contributed by atoms with Gasteiger partial charge in [-0.25, -0.2) is 0 Å². The summed E-state index contributed by atoms with van der Waals surface area (Å²) in [4.78, 5) is 0. The molecule has 0 saturated heterocycles. The van der Waals surface area contributed by atoms with E-state index in [2.05, 4.69) is 53.3 Å². The molecule has 1 nitrogen and oxygen atoms in total. The van der Waals surface area contributed by atoms with E-state index in [0.29, 0.717) is 0 Å². The molecular weight excluding hydrogens is 238 g/mol. The van der Waals surface area contributed by atoms with E-state index in [9.17, 15) is 0 Å². The van der Waals surface area contributed by atoms with Gasteiger partial charge in [-0.2, -0.15) is 0 Å². The van der Waals surface area contributed by atoms with Gasteiger partial charge in [-0.3, -0.25) is 0 Å². The van der Waals surface area contributed by atoms with Gasteiger partial charge in [0.05, 0.1) is 0 Å². The third kappa shape index (κ3) is 3.81. The Morgan fingerprint density at radius 2 is 2.07 bits per heavy atom. The van der Waals surface area contributed by atoms with Crippen molar-refractivity contribution < 1.29 is 0 Å². The summed E-state index contributed by atoms with van der Waals surface area (Å²) in [6, 6.07) is 6.47. The van der Waals surface area contributed by atoms with Crippen LogP contribution in [0.1, 0.15) is 24.5 Å². The zero-order chi connectivity index (χ0) is 10.4. The van der Waals surface area contributed by atoms with E-state index in [-0.39, 0.29) is 0 Å². The number of nitrogens with one attached hydrogen (secondary N) is 1. The van der Waals surface area contributed by atoms with Gasteiger partial charge in [0.15, 0.2) is 0 Å². The van der Waals surface area contributed by atoms with Crippen molar-refractivity contribution in [3.8, 4) is 0 Å². The summed E-state index contributed by atoms with van der Waals surface area (Å²) in [5, 5.41) is 3.41. The Bertz CT molecular complexity index is 284. The molecule has 0 aliphatic carbocycles. The van der Waals surface area contributed by atoms with E-state index in [1.54, 1.807) is 0 Å². The van der Waals surface area contributed by atoms with Crippen molar-refractivity contribution in [3.63, 3.8) is 0 Å². The highest BCUT2D eigenvalue weighted by atomic mass is 79.9. The van der Waals surface area contributed by atoms with Crippen LogP contribution < -0.4 is 5.32 Å². The SMILES string of the molecule is CCCNCCc1cc(Br)ccc1C. The van der Waals surface area contributed by atoms with Crippen molar-refractivity contribution in [2.24, 2.45) is 0 Å². The molecular formula is C12H18BrN. The average molecular weight is 256 g/mol. The van der Waals surface area contributed by atoms with Crippen molar-refractivity contribution in [2.45, 2.75) is 26.7 Å². The van der Waals surface area contributed by atoms with E-state index >= 15 is 0 Å². The quantitative estimate of drug-likeness (QED) is 0.797. The summed E-state index contributed by atoms with van der Waals surface area (Å²) >= 11 is 3.50. The van der Waals surface area contributed by atoms with Crippen molar-refractivity contribution in [3.05, 3.63) is 33.8 Å². The molecule has 1 N–H and O–H groups in total. The molecule has 1 aromatic carbocycles. The molecule has 0 atom stereocenters. The fourth-order valence-corrected chi connectivity index (χ4v) is 1.84. The first-order chi connectivity index (χ1) is 6.74. The number of rotatable bonds is 5. The van der Waals surface area contributed by atoms with Gasteiger partial charge in [0.2, 0.25) is 0 Å². The van der Waals surface area contributed by atoms with Crippen LogP contribution in [0.2, 0.25) is 0 Å². The van der Waals surface area contributed by atoms with Crippen LogP contribution in [-0.4, -0.2) is 13.1 Å². The summed E-state index contributed by atoms with van der Waals surface area (Å²) in [5.74, 6) is 0. The van der Waals surface area contributed by atoms with E-state index in [4.69, 9.17) is 0 Å². The second-order valence-corrected chi connectivity index (χ2v) is 4.49. The van der Waals surface area contributed by atoms with Gasteiger partial charge in [-0.05, 0) is 56.1 Å². The van der Waals surface area contributed by atoms with Gasteiger partial charge < -0.3 is 5.32 Å². The van der Waals surface area contributed by atoms with Crippen molar-refractivity contribution in [2.75, 3.05) is 13.1 Å². The van der Waals surface area contributed by atoms with E-state index < -0.39 is 0 Å². The summed E-state index contributed by atoms with van der Waals surface area (Å²) in [5.41, 5.74) is 2.81. The smallest absolute Gasteiger partial charge is 0.0178 e. The first kappa shape index (κ1) is 11.7. The predicted octanol–water partition coefficient (Wildman–Crippen LogP) is 3.30. The van der Waals surface area contributed by atoms with Crippen LogP contribution in [0.15, 0.2) is 22.7 Å². The second-order valence-electron chi connectivity index (χ2n) is 3.57. The maximum atomic E-state index is 3.50. The minimum Gasteiger partial charge on any atom is -0.316 e. The Balaban J connectivity index is 2.45. The monoisotopic (exact) mass is 255 g/mol. The lowest BCUT2D eigenvalue weighted by Gasteiger charge is -2.07. The minimum absolute atomic E-state index is 1.07. The molecule has 0 heterocycles. The van der Waals surface area contributed by atoms with Crippen LogP contribution in [0, 0.1) is 6.92 Å². The zero-order valence-corrected chi connectivity index (χ0v) is 10.5. The fraction of sp³-hybridized carbons (Fsp3) is 0.500. The minimum atomic E-state index is 1.07. The normalized spacial score (nSPS) is 10.5. The lowest BCUT2D eigenvalue weighted by Crippen LogP contribution is -2.18. The third-order valence-electron chi connectivity index (χ3n) is 2.31. The van der Waals surface area contributed by atoms with Crippen molar-refractivity contribution >= 4 is 15.9 Å². The molecule has 1 rings (SSSR count). The molecule has 0 radical (unpaired) electrons. The standard InChI is InChI=1S/C12H18BrN/c1-3-7-14-8-6-11-9-12(13)5-4-10(11)2/h4-5,9,14H,3,6-8H2,1-2H3. The molecule has 0 aliphatic rings.